The van der Waals surface area contributed by atoms with Crippen LogP contribution in [0.4, 0.5) is 5.69 Å². The van der Waals surface area contributed by atoms with Crippen molar-refractivity contribution in [3.05, 3.63) is 39.9 Å². The molecule has 0 spiro atoms. The average molecular weight is 282 g/mol. The first kappa shape index (κ1) is 14.3. The lowest BCUT2D eigenvalue weighted by Crippen LogP contribution is -2.36. The van der Waals surface area contributed by atoms with Gasteiger partial charge in [0.2, 0.25) is 0 Å². The number of benzene rings is 1. The lowest BCUT2D eigenvalue weighted by atomic mass is 10.1. The zero-order valence-electron chi connectivity index (χ0n) is 10.6. The molecule has 104 valence electrons. The minimum absolute atomic E-state index is 0.0487. The van der Waals surface area contributed by atoms with Crippen LogP contribution in [0, 0.1) is 10.1 Å². The molecular weight excluding hydrogens is 264 g/mol. The molecule has 0 aromatic heterocycles. The van der Waals surface area contributed by atoms with Crippen LogP contribution >= 0.6 is 11.8 Å². The maximum Gasteiger partial charge on any atom is 0.269 e. The van der Waals surface area contributed by atoms with Gasteiger partial charge in [0.05, 0.1) is 11.0 Å². The highest BCUT2D eigenvalue weighted by atomic mass is 32.2. The predicted molar refractivity (Wildman–Crippen MR) is 76.4 cm³/mol. The minimum atomic E-state index is -0.618. The smallest absolute Gasteiger partial charge is 0.269 e. The molecule has 1 heterocycles. The molecule has 1 aromatic rings. The highest BCUT2D eigenvalue weighted by molar-refractivity contribution is 7.99. The Morgan fingerprint density at radius 2 is 2.21 bits per heavy atom. The van der Waals surface area contributed by atoms with Crippen LogP contribution in [0.3, 0.4) is 0 Å². The van der Waals surface area contributed by atoms with Gasteiger partial charge in [-0.3, -0.25) is 10.1 Å². The van der Waals surface area contributed by atoms with E-state index < -0.39 is 11.0 Å². The molecule has 19 heavy (non-hydrogen) atoms. The van der Waals surface area contributed by atoms with Crippen molar-refractivity contribution in [1.29, 1.82) is 0 Å². The second-order valence-corrected chi connectivity index (χ2v) is 5.84. The van der Waals surface area contributed by atoms with Gasteiger partial charge in [-0.2, -0.15) is 11.8 Å². The Hall–Kier alpha value is -1.11. The first-order valence-electron chi connectivity index (χ1n) is 6.40. The summed E-state index contributed by atoms with van der Waals surface area (Å²) in [6, 6.07) is 6.54. The highest BCUT2D eigenvalue weighted by Crippen LogP contribution is 2.19. The molecule has 2 unspecified atom stereocenters. The molecule has 1 aliphatic heterocycles. The summed E-state index contributed by atoms with van der Waals surface area (Å²) in [6.07, 6.45) is 1.75. The minimum Gasteiger partial charge on any atom is -0.387 e. The van der Waals surface area contributed by atoms with Crippen LogP contribution in [0.1, 0.15) is 24.5 Å². The van der Waals surface area contributed by atoms with Gasteiger partial charge in [-0.05, 0) is 36.3 Å². The van der Waals surface area contributed by atoms with E-state index in [4.69, 9.17) is 0 Å². The van der Waals surface area contributed by atoms with E-state index in [1.54, 1.807) is 12.1 Å². The number of hydrogen-bond acceptors (Lipinski definition) is 5. The number of nitrogens with one attached hydrogen (secondary N) is 1. The second kappa shape index (κ2) is 6.88. The Morgan fingerprint density at radius 1 is 1.47 bits per heavy atom. The van der Waals surface area contributed by atoms with Crippen molar-refractivity contribution in [3.8, 4) is 0 Å². The maximum absolute atomic E-state index is 10.5. The molecule has 0 amide bonds. The topological polar surface area (TPSA) is 75.4 Å². The molecule has 1 fully saturated rings. The number of hydrogen-bond donors (Lipinski definition) is 2. The standard InChI is InChI=1S/C13H18N2O3S/c16-13(8-14-11-2-1-7-19-9-11)10-3-5-12(6-4-10)15(17)18/h3-6,11,13-14,16H,1-2,7-9H2. The van der Waals surface area contributed by atoms with Crippen LogP contribution in [-0.2, 0) is 0 Å². The Bertz CT molecular complexity index is 418. The van der Waals surface area contributed by atoms with Crippen LogP contribution in [0.15, 0.2) is 24.3 Å². The van der Waals surface area contributed by atoms with Crippen molar-refractivity contribution in [3.63, 3.8) is 0 Å². The molecule has 2 N–H and O–H groups in total. The third kappa shape index (κ3) is 4.19. The lowest BCUT2D eigenvalue weighted by Gasteiger charge is -2.24. The summed E-state index contributed by atoms with van der Waals surface area (Å²) in [5.41, 5.74) is 0.758. The van der Waals surface area contributed by atoms with Crippen molar-refractivity contribution < 1.29 is 10.0 Å². The highest BCUT2D eigenvalue weighted by Gasteiger charge is 2.16. The van der Waals surface area contributed by atoms with E-state index in [-0.39, 0.29) is 5.69 Å². The van der Waals surface area contributed by atoms with Crippen molar-refractivity contribution in [2.45, 2.75) is 25.0 Å². The van der Waals surface area contributed by atoms with E-state index in [2.05, 4.69) is 5.32 Å². The summed E-state index contributed by atoms with van der Waals surface area (Å²) < 4.78 is 0. The fraction of sp³-hybridized carbons (Fsp3) is 0.538. The zero-order valence-corrected chi connectivity index (χ0v) is 11.4. The molecule has 2 rings (SSSR count). The number of nitrogens with zero attached hydrogens (tertiary/aromatic N) is 1. The maximum atomic E-state index is 10.5. The van der Waals surface area contributed by atoms with Crippen LogP contribution in [0.25, 0.3) is 0 Å². The summed E-state index contributed by atoms with van der Waals surface area (Å²) in [7, 11) is 0. The van der Waals surface area contributed by atoms with E-state index in [9.17, 15) is 15.2 Å². The van der Waals surface area contributed by atoms with Gasteiger partial charge < -0.3 is 10.4 Å². The van der Waals surface area contributed by atoms with Gasteiger partial charge in [0.25, 0.3) is 5.69 Å². The SMILES string of the molecule is O=[N+]([O-])c1ccc(C(O)CNC2CCCSC2)cc1. The normalized spacial score (nSPS) is 21.0. The van der Waals surface area contributed by atoms with E-state index in [1.165, 1.54) is 24.3 Å². The molecule has 5 nitrogen and oxygen atoms in total. The van der Waals surface area contributed by atoms with E-state index in [0.717, 1.165) is 12.2 Å². The molecule has 1 aromatic carbocycles. The largest absolute Gasteiger partial charge is 0.387 e. The second-order valence-electron chi connectivity index (χ2n) is 4.69. The Morgan fingerprint density at radius 3 is 2.79 bits per heavy atom. The molecule has 1 aliphatic rings. The first-order valence-corrected chi connectivity index (χ1v) is 7.56. The Balaban J connectivity index is 1.84. The van der Waals surface area contributed by atoms with Gasteiger partial charge >= 0.3 is 0 Å². The Labute approximate surface area is 116 Å². The van der Waals surface area contributed by atoms with Gasteiger partial charge in [-0.25, -0.2) is 0 Å². The summed E-state index contributed by atoms with van der Waals surface area (Å²) in [5, 5.41) is 23.9. The predicted octanol–water partition coefficient (Wildman–Crippen LogP) is 2.11. The third-order valence-electron chi connectivity index (χ3n) is 3.25. The van der Waals surface area contributed by atoms with Crippen molar-refractivity contribution in [2.75, 3.05) is 18.1 Å². The van der Waals surface area contributed by atoms with Crippen molar-refractivity contribution in [2.24, 2.45) is 0 Å². The van der Waals surface area contributed by atoms with Crippen molar-refractivity contribution >= 4 is 17.4 Å². The van der Waals surface area contributed by atoms with Crippen LogP contribution in [0.5, 0.6) is 0 Å². The summed E-state index contributed by atoms with van der Waals surface area (Å²) >= 11 is 1.94. The molecular formula is C13H18N2O3S. The van der Waals surface area contributed by atoms with E-state index in [0.29, 0.717) is 18.2 Å². The van der Waals surface area contributed by atoms with E-state index >= 15 is 0 Å². The molecule has 0 saturated carbocycles. The lowest BCUT2D eigenvalue weighted by molar-refractivity contribution is -0.384. The first-order chi connectivity index (χ1) is 9.16. The van der Waals surface area contributed by atoms with Gasteiger partial charge in [-0.15, -0.1) is 0 Å². The number of rotatable bonds is 5. The molecule has 6 heteroatoms. The fourth-order valence-corrected chi connectivity index (χ4v) is 3.22. The van der Waals surface area contributed by atoms with Gasteiger partial charge in [0.15, 0.2) is 0 Å². The Kier molecular flexibility index (Phi) is 5.18. The summed E-state index contributed by atoms with van der Waals surface area (Å²) in [6.45, 7) is 0.489. The van der Waals surface area contributed by atoms with Crippen LogP contribution in [0.2, 0.25) is 0 Å². The number of thioether (sulfide) groups is 1. The molecule has 0 bridgehead atoms. The summed E-state index contributed by atoms with van der Waals surface area (Å²) in [5.74, 6) is 2.32. The van der Waals surface area contributed by atoms with Crippen LogP contribution < -0.4 is 5.32 Å². The molecule has 1 saturated heterocycles. The number of aliphatic hydroxyl groups is 1. The van der Waals surface area contributed by atoms with Gasteiger partial charge in [-0.1, -0.05) is 0 Å². The molecule has 2 atom stereocenters. The van der Waals surface area contributed by atoms with E-state index in [1.807, 2.05) is 11.8 Å². The average Bonchev–Trinajstić information content (AvgIpc) is 2.46. The number of aliphatic hydroxyl groups excluding tert-OH is 1. The number of nitro benzene ring substituents is 1. The fourth-order valence-electron chi connectivity index (χ4n) is 2.12. The van der Waals surface area contributed by atoms with Gasteiger partial charge in [0.1, 0.15) is 0 Å². The van der Waals surface area contributed by atoms with Crippen LogP contribution in [-0.4, -0.2) is 34.1 Å². The third-order valence-corrected chi connectivity index (χ3v) is 4.46. The zero-order chi connectivity index (χ0) is 13.7. The van der Waals surface area contributed by atoms with Crippen molar-refractivity contribution in [1.82, 2.24) is 5.32 Å². The number of non-ortho nitro benzene ring substituents is 1. The summed E-state index contributed by atoms with van der Waals surface area (Å²) in [4.78, 5) is 10.1. The molecule has 0 radical (unpaired) electrons. The quantitative estimate of drug-likeness (QED) is 0.639. The van der Waals surface area contributed by atoms with Gasteiger partial charge in [0, 0.05) is 30.5 Å². The molecule has 0 aliphatic carbocycles. The monoisotopic (exact) mass is 282 g/mol. The number of nitro groups is 1.